The molecule has 0 spiro atoms. The lowest BCUT2D eigenvalue weighted by Gasteiger charge is -2.13. The Morgan fingerprint density at radius 2 is 2.00 bits per heavy atom. The molecule has 1 amide bonds. The Bertz CT molecular complexity index is 592. The van der Waals surface area contributed by atoms with Crippen LogP contribution in [0.5, 0.6) is 0 Å². The molecule has 0 saturated carbocycles. The fourth-order valence-electron chi connectivity index (χ4n) is 1.65. The molecule has 0 bridgehead atoms. The van der Waals surface area contributed by atoms with Gasteiger partial charge in [-0.15, -0.1) is 0 Å². The second-order valence-corrected chi connectivity index (χ2v) is 3.92. The number of hydrogen-bond donors (Lipinski definition) is 2. The number of oxazole rings is 1. The van der Waals surface area contributed by atoms with Crippen molar-refractivity contribution in [3.63, 3.8) is 0 Å². The fourth-order valence-corrected chi connectivity index (χ4v) is 1.65. The lowest BCUT2D eigenvalue weighted by atomic mass is 10.1. The first kappa shape index (κ1) is 12.8. The zero-order valence-electron chi connectivity index (χ0n) is 10.2. The van der Waals surface area contributed by atoms with Crippen molar-refractivity contribution < 1.29 is 19.1 Å². The first-order valence-electron chi connectivity index (χ1n) is 5.58. The van der Waals surface area contributed by atoms with Gasteiger partial charge in [0.05, 0.1) is 5.69 Å². The molecule has 2 N–H and O–H groups in total. The first-order chi connectivity index (χ1) is 9.09. The maximum absolute atomic E-state index is 11.9. The summed E-state index contributed by atoms with van der Waals surface area (Å²) in [5.41, 5.74) is 0.898. The van der Waals surface area contributed by atoms with E-state index in [9.17, 15) is 14.7 Å². The van der Waals surface area contributed by atoms with Crippen molar-refractivity contribution in [3.8, 4) is 0 Å². The monoisotopic (exact) mass is 260 g/mol. The number of carbonyl (C=O) groups excluding carboxylic acids is 1. The fraction of sp³-hybridized carbons (Fsp3) is 0.154. The predicted molar refractivity (Wildman–Crippen MR) is 65.5 cm³/mol. The van der Waals surface area contributed by atoms with Gasteiger partial charge in [-0.3, -0.25) is 4.79 Å². The van der Waals surface area contributed by atoms with Crippen LogP contribution in [0.3, 0.4) is 0 Å². The zero-order valence-corrected chi connectivity index (χ0v) is 10.2. The van der Waals surface area contributed by atoms with Gasteiger partial charge in [0, 0.05) is 0 Å². The number of carboxylic acids is 1. The van der Waals surface area contributed by atoms with E-state index in [0.717, 1.165) is 6.39 Å². The number of benzene rings is 1. The Hall–Kier alpha value is -2.63. The van der Waals surface area contributed by atoms with Gasteiger partial charge in [0.25, 0.3) is 5.91 Å². The van der Waals surface area contributed by atoms with Crippen molar-refractivity contribution in [1.29, 1.82) is 0 Å². The van der Waals surface area contributed by atoms with Crippen LogP contribution >= 0.6 is 0 Å². The van der Waals surface area contributed by atoms with Crippen LogP contribution < -0.4 is 5.32 Å². The second-order valence-electron chi connectivity index (χ2n) is 3.92. The number of hydrogen-bond acceptors (Lipinski definition) is 4. The molecule has 0 aliphatic carbocycles. The van der Waals surface area contributed by atoms with Gasteiger partial charge in [0.2, 0.25) is 5.76 Å². The van der Waals surface area contributed by atoms with E-state index in [4.69, 9.17) is 4.42 Å². The van der Waals surface area contributed by atoms with Gasteiger partial charge < -0.3 is 14.8 Å². The molecule has 6 heteroatoms. The third-order valence-electron chi connectivity index (χ3n) is 2.61. The molecule has 2 rings (SSSR count). The summed E-state index contributed by atoms with van der Waals surface area (Å²) < 4.78 is 4.93. The number of nitrogens with one attached hydrogen (secondary N) is 1. The van der Waals surface area contributed by atoms with E-state index in [1.54, 1.807) is 37.3 Å². The molecule has 0 aliphatic heterocycles. The predicted octanol–water partition coefficient (Wildman–Crippen LogP) is 1.54. The second kappa shape index (κ2) is 5.34. The van der Waals surface area contributed by atoms with E-state index >= 15 is 0 Å². The smallest absolute Gasteiger partial charge is 0.330 e. The van der Waals surface area contributed by atoms with Gasteiger partial charge in [-0.2, -0.15) is 0 Å². The summed E-state index contributed by atoms with van der Waals surface area (Å²) in [5, 5.41) is 11.6. The average Bonchev–Trinajstić information content (AvgIpc) is 2.82. The number of nitrogens with zero attached hydrogens (tertiary/aromatic N) is 1. The van der Waals surface area contributed by atoms with E-state index < -0.39 is 17.9 Å². The molecule has 1 heterocycles. The highest BCUT2D eigenvalue weighted by Gasteiger charge is 2.24. The van der Waals surface area contributed by atoms with Crippen LogP contribution in [-0.2, 0) is 4.79 Å². The van der Waals surface area contributed by atoms with Crippen LogP contribution in [0.25, 0.3) is 0 Å². The lowest BCUT2D eigenvalue weighted by Crippen LogP contribution is -2.33. The van der Waals surface area contributed by atoms with Gasteiger partial charge in [0.15, 0.2) is 12.4 Å². The largest absolute Gasteiger partial charge is 0.479 e. The van der Waals surface area contributed by atoms with E-state index in [0.29, 0.717) is 11.3 Å². The normalized spacial score (nSPS) is 11.8. The number of aryl methyl sites for hydroxylation is 1. The topological polar surface area (TPSA) is 92.4 Å². The Labute approximate surface area is 109 Å². The van der Waals surface area contributed by atoms with E-state index in [-0.39, 0.29) is 5.76 Å². The number of carbonyl (C=O) groups is 2. The molecule has 98 valence electrons. The maximum Gasteiger partial charge on any atom is 0.330 e. The Morgan fingerprint density at radius 3 is 2.53 bits per heavy atom. The van der Waals surface area contributed by atoms with Gasteiger partial charge in [-0.1, -0.05) is 30.3 Å². The van der Waals surface area contributed by atoms with Crippen LogP contribution in [0.15, 0.2) is 41.1 Å². The summed E-state index contributed by atoms with van der Waals surface area (Å²) in [4.78, 5) is 26.9. The van der Waals surface area contributed by atoms with E-state index in [1.165, 1.54) is 0 Å². The SMILES string of the molecule is Cc1ncoc1C(=O)N[C@H](C(=O)O)c1ccccc1. The maximum atomic E-state index is 11.9. The summed E-state index contributed by atoms with van der Waals surface area (Å²) in [5.74, 6) is -1.73. The summed E-state index contributed by atoms with van der Waals surface area (Å²) in [7, 11) is 0. The number of rotatable bonds is 4. The summed E-state index contributed by atoms with van der Waals surface area (Å²) in [6.07, 6.45) is 1.14. The molecule has 0 radical (unpaired) electrons. The molecule has 1 aromatic heterocycles. The molecular weight excluding hydrogens is 248 g/mol. The minimum atomic E-state index is -1.14. The highest BCUT2D eigenvalue weighted by atomic mass is 16.4. The molecule has 6 nitrogen and oxygen atoms in total. The molecular formula is C13H12N2O4. The minimum Gasteiger partial charge on any atom is -0.479 e. The summed E-state index contributed by atoms with van der Waals surface area (Å²) >= 11 is 0. The zero-order chi connectivity index (χ0) is 13.8. The Kier molecular flexibility index (Phi) is 3.61. The lowest BCUT2D eigenvalue weighted by molar-refractivity contribution is -0.139. The highest BCUT2D eigenvalue weighted by molar-refractivity contribution is 5.95. The van der Waals surface area contributed by atoms with E-state index in [1.807, 2.05) is 0 Å². The average molecular weight is 260 g/mol. The molecule has 0 aliphatic rings. The molecule has 0 unspecified atom stereocenters. The van der Waals surface area contributed by atoms with Crippen molar-refractivity contribution in [2.45, 2.75) is 13.0 Å². The van der Waals surface area contributed by atoms with Gasteiger partial charge in [-0.25, -0.2) is 9.78 Å². The van der Waals surface area contributed by atoms with Crippen LogP contribution in [0.1, 0.15) is 27.9 Å². The molecule has 2 aromatic rings. The van der Waals surface area contributed by atoms with Crippen molar-refractivity contribution in [3.05, 3.63) is 53.7 Å². The van der Waals surface area contributed by atoms with Crippen LogP contribution in [-0.4, -0.2) is 22.0 Å². The number of aromatic nitrogens is 1. The summed E-state index contributed by atoms with van der Waals surface area (Å²) in [6, 6.07) is 7.32. The highest BCUT2D eigenvalue weighted by Crippen LogP contribution is 2.14. The van der Waals surface area contributed by atoms with Crippen molar-refractivity contribution in [2.75, 3.05) is 0 Å². The minimum absolute atomic E-state index is 0.0159. The third kappa shape index (κ3) is 2.79. The van der Waals surface area contributed by atoms with Crippen LogP contribution in [0.2, 0.25) is 0 Å². The first-order valence-corrected chi connectivity index (χ1v) is 5.58. The molecule has 0 fully saturated rings. The van der Waals surface area contributed by atoms with E-state index in [2.05, 4.69) is 10.3 Å². The molecule has 1 atom stereocenters. The molecule has 19 heavy (non-hydrogen) atoms. The number of aliphatic carboxylic acids is 1. The number of carboxylic acid groups (broad SMARTS) is 1. The van der Waals surface area contributed by atoms with Gasteiger partial charge >= 0.3 is 5.97 Å². The van der Waals surface area contributed by atoms with Crippen LogP contribution in [0.4, 0.5) is 0 Å². The van der Waals surface area contributed by atoms with Crippen molar-refractivity contribution >= 4 is 11.9 Å². The summed E-state index contributed by atoms with van der Waals surface area (Å²) in [6.45, 7) is 1.61. The van der Waals surface area contributed by atoms with Crippen molar-refractivity contribution in [2.24, 2.45) is 0 Å². The standard InChI is InChI=1S/C13H12N2O4/c1-8-11(19-7-14-8)12(16)15-10(13(17)18)9-5-3-2-4-6-9/h2-7,10H,1H3,(H,15,16)(H,17,18)/t10-/m0/s1. The Balaban J connectivity index is 2.21. The quantitative estimate of drug-likeness (QED) is 0.869. The van der Waals surface area contributed by atoms with Gasteiger partial charge in [-0.05, 0) is 12.5 Å². The molecule has 0 saturated heterocycles. The van der Waals surface area contributed by atoms with Crippen molar-refractivity contribution in [1.82, 2.24) is 10.3 Å². The van der Waals surface area contributed by atoms with Crippen LogP contribution in [0, 0.1) is 6.92 Å². The Morgan fingerprint density at radius 1 is 1.32 bits per heavy atom. The number of amides is 1. The third-order valence-corrected chi connectivity index (χ3v) is 2.61. The molecule has 1 aromatic carbocycles. The van der Waals surface area contributed by atoms with Gasteiger partial charge in [0.1, 0.15) is 0 Å².